The molecular formula is C20H19NO6. The molecule has 0 fully saturated rings. The Balaban J connectivity index is 1.79. The van der Waals surface area contributed by atoms with Crippen molar-refractivity contribution in [1.82, 2.24) is 5.32 Å². The zero-order chi connectivity index (χ0) is 19.2. The first-order valence-corrected chi connectivity index (χ1v) is 8.33. The Labute approximate surface area is 155 Å². The van der Waals surface area contributed by atoms with Crippen LogP contribution < -0.4 is 20.4 Å². The second-order valence-corrected chi connectivity index (χ2v) is 5.74. The number of methoxy groups -OCH3 is 1. The molecule has 0 radical (unpaired) electrons. The molecule has 0 aliphatic carbocycles. The van der Waals surface area contributed by atoms with Gasteiger partial charge in [0.05, 0.1) is 19.3 Å². The Morgan fingerprint density at radius 2 is 1.85 bits per heavy atom. The molecule has 7 heteroatoms. The van der Waals surface area contributed by atoms with Gasteiger partial charge in [0.2, 0.25) is 0 Å². The van der Waals surface area contributed by atoms with Crippen LogP contribution in [-0.2, 0) is 4.79 Å². The number of rotatable bonds is 7. The molecule has 0 aliphatic rings. The first kappa shape index (κ1) is 18.5. The smallest absolute Gasteiger partial charge is 0.344 e. The molecule has 1 heterocycles. The molecule has 2 N–H and O–H groups in total. The lowest BCUT2D eigenvalue weighted by Crippen LogP contribution is -2.31. The van der Waals surface area contributed by atoms with Crippen LogP contribution in [0.3, 0.4) is 0 Å². The summed E-state index contributed by atoms with van der Waals surface area (Å²) in [7, 11) is 1.57. The summed E-state index contributed by atoms with van der Waals surface area (Å²) in [5, 5.41) is 11.9. The van der Waals surface area contributed by atoms with Crippen molar-refractivity contribution < 1.29 is 23.8 Å². The minimum Gasteiger partial charge on any atom is -0.497 e. The average Bonchev–Trinajstić information content (AvgIpc) is 2.70. The summed E-state index contributed by atoms with van der Waals surface area (Å²) in [4.78, 5) is 23.8. The number of fused-ring (bicyclic) bond motifs is 1. The quantitative estimate of drug-likeness (QED) is 0.618. The number of hydrogen-bond donors (Lipinski definition) is 2. The van der Waals surface area contributed by atoms with E-state index in [9.17, 15) is 9.59 Å². The molecule has 1 amide bonds. The van der Waals surface area contributed by atoms with Crippen LogP contribution in [-0.4, -0.2) is 37.9 Å². The fraction of sp³-hybridized carbons (Fsp3) is 0.200. The molecule has 140 valence electrons. The van der Waals surface area contributed by atoms with Crippen molar-refractivity contribution in [2.24, 2.45) is 0 Å². The number of aliphatic hydroxyl groups is 1. The normalized spacial score (nSPS) is 10.6. The van der Waals surface area contributed by atoms with Crippen molar-refractivity contribution in [3.63, 3.8) is 0 Å². The summed E-state index contributed by atoms with van der Waals surface area (Å²) in [6.07, 6.45) is 0. The van der Waals surface area contributed by atoms with Crippen molar-refractivity contribution in [3.8, 4) is 22.6 Å². The first-order valence-electron chi connectivity index (χ1n) is 8.33. The van der Waals surface area contributed by atoms with Crippen LogP contribution in [0.1, 0.15) is 0 Å². The third-order valence-electron chi connectivity index (χ3n) is 3.91. The van der Waals surface area contributed by atoms with Gasteiger partial charge in [0.1, 0.15) is 17.1 Å². The third-order valence-corrected chi connectivity index (χ3v) is 3.91. The summed E-state index contributed by atoms with van der Waals surface area (Å²) in [5.41, 5.74) is 1.14. The highest BCUT2D eigenvalue weighted by Gasteiger charge is 2.09. The van der Waals surface area contributed by atoms with E-state index < -0.39 is 5.63 Å². The van der Waals surface area contributed by atoms with Crippen LogP contribution in [0, 0.1) is 0 Å². The predicted octanol–water partition coefficient (Wildman–Crippen LogP) is 1.96. The van der Waals surface area contributed by atoms with Gasteiger partial charge in [-0.3, -0.25) is 4.79 Å². The van der Waals surface area contributed by atoms with Gasteiger partial charge in [-0.2, -0.15) is 0 Å². The molecule has 0 spiro atoms. The number of benzene rings is 2. The van der Waals surface area contributed by atoms with E-state index >= 15 is 0 Å². The minimum atomic E-state index is -0.440. The molecule has 0 aliphatic heterocycles. The number of amides is 1. The maximum absolute atomic E-state index is 12.3. The summed E-state index contributed by atoms with van der Waals surface area (Å²) in [6.45, 7) is -0.0957. The summed E-state index contributed by atoms with van der Waals surface area (Å²) in [5.74, 6) is 0.840. The molecule has 0 unspecified atom stereocenters. The topological polar surface area (TPSA) is 98.0 Å². The largest absolute Gasteiger partial charge is 0.497 e. The van der Waals surface area contributed by atoms with Crippen molar-refractivity contribution in [3.05, 3.63) is 59.0 Å². The molecule has 2 aromatic carbocycles. The molecule has 0 saturated carbocycles. The molecule has 0 bridgehead atoms. The van der Waals surface area contributed by atoms with E-state index in [0.717, 1.165) is 5.39 Å². The van der Waals surface area contributed by atoms with Crippen LogP contribution in [0.25, 0.3) is 22.1 Å². The van der Waals surface area contributed by atoms with E-state index in [0.29, 0.717) is 28.2 Å². The van der Waals surface area contributed by atoms with E-state index in [1.54, 1.807) is 55.6 Å². The molecule has 7 nitrogen and oxygen atoms in total. The summed E-state index contributed by atoms with van der Waals surface area (Å²) < 4.78 is 16.0. The van der Waals surface area contributed by atoms with Gasteiger partial charge in [-0.05, 0) is 42.0 Å². The molecule has 3 rings (SSSR count). The van der Waals surface area contributed by atoms with E-state index in [1.165, 1.54) is 0 Å². The Bertz CT molecular complexity index is 994. The SMILES string of the molecule is COc1ccc2oc(=O)c(-c3ccc(OCC(=O)NCCO)cc3)cc2c1. The van der Waals surface area contributed by atoms with Gasteiger partial charge in [-0.25, -0.2) is 4.79 Å². The van der Waals surface area contributed by atoms with E-state index in [-0.39, 0.29) is 25.7 Å². The zero-order valence-corrected chi connectivity index (χ0v) is 14.7. The number of carbonyl (C=O) groups is 1. The van der Waals surface area contributed by atoms with Gasteiger partial charge in [0, 0.05) is 11.9 Å². The number of hydrogen-bond acceptors (Lipinski definition) is 6. The highest BCUT2D eigenvalue weighted by molar-refractivity contribution is 5.83. The number of nitrogens with one attached hydrogen (secondary N) is 1. The minimum absolute atomic E-state index is 0.124. The van der Waals surface area contributed by atoms with E-state index in [1.807, 2.05) is 0 Å². The molecule has 27 heavy (non-hydrogen) atoms. The highest BCUT2D eigenvalue weighted by Crippen LogP contribution is 2.25. The third kappa shape index (κ3) is 4.45. The molecule has 0 saturated heterocycles. The Morgan fingerprint density at radius 1 is 1.11 bits per heavy atom. The number of aliphatic hydroxyl groups excluding tert-OH is 1. The molecule has 3 aromatic rings. The molecule has 1 aromatic heterocycles. The van der Waals surface area contributed by atoms with Crippen LogP contribution in [0.5, 0.6) is 11.5 Å². The van der Waals surface area contributed by atoms with Gasteiger partial charge < -0.3 is 24.3 Å². The lowest BCUT2D eigenvalue weighted by Gasteiger charge is -2.08. The lowest BCUT2D eigenvalue weighted by molar-refractivity contribution is -0.123. The van der Waals surface area contributed by atoms with Crippen molar-refractivity contribution >= 4 is 16.9 Å². The molecular weight excluding hydrogens is 350 g/mol. The van der Waals surface area contributed by atoms with Crippen LogP contribution in [0.4, 0.5) is 0 Å². The Hall–Kier alpha value is -3.32. The first-order chi connectivity index (χ1) is 13.1. The van der Waals surface area contributed by atoms with Gasteiger partial charge >= 0.3 is 5.63 Å². The van der Waals surface area contributed by atoms with Crippen LogP contribution in [0.15, 0.2) is 57.7 Å². The predicted molar refractivity (Wildman–Crippen MR) is 100 cm³/mol. The Kier molecular flexibility index (Phi) is 5.73. The van der Waals surface area contributed by atoms with Crippen molar-refractivity contribution in [2.75, 3.05) is 26.9 Å². The van der Waals surface area contributed by atoms with Gasteiger partial charge in [0.25, 0.3) is 5.91 Å². The molecule has 0 atom stereocenters. The average molecular weight is 369 g/mol. The van der Waals surface area contributed by atoms with E-state index in [4.69, 9.17) is 19.0 Å². The maximum atomic E-state index is 12.3. The second-order valence-electron chi connectivity index (χ2n) is 5.74. The summed E-state index contributed by atoms with van der Waals surface area (Å²) >= 11 is 0. The highest BCUT2D eigenvalue weighted by atomic mass is 16.5. The lowest BCUT2D eigenvalue weighted by atomic mass is 10.1. The van der Waals surface area contributed by atoms with Crippen molar-refractivity contribution in [1.29, 1.82) is 0 Å². The monoisotopic (exact) mass is 369 g/mol. The van der Waals surface area contributed by atoms with Crippen LogP contribution in [0.2, 0.25) is 0 Å². The Morgan fingerprint density at radius 3 is 2.56 bits per heavy atom. The van der Waals surface area contributed by atoms with Gasteiger partial charge in [-0.15, -0.1) is 0 Å². The van der Waals surface area contributed by atoms with Crippen LogP contribution >= 0.6 is 0 Å². The number of carbonyl (C=O) groups excluding carboxylic acids is 1. The number of ether oxygens (including phenoxy) is 2. The van der Waals surface area contributed by atoms with Gasteiger partial charge in [-0.1, -0.05) is 12.1 Å². The standard InChI is InChI=1S/C20H19NO6/c1-25-16-6-7-18-14(10-16)11-17(20(24)27-18)13-2-4-15(5-3-13)26-12-19(23)21-8-9-22/h2-7,10-11,22H,8-9,12H2,1H3,(H,21,23). The summed E-state index contributed by atoms with van der Waals surface area (Å²) in [6, 6.07) is 13.8. The fourth-order valence-corrected chi connectivity index (χ4v) is 2.56. The second kappa shape index (κ2) is 8.37. The zero-order valence-electron chi connectivity index (χ0n) is 14.7. The van der Waals surface area contributed by atoms with Gasteiger partial charge in [0.15, 0.2) is 6.61 Å². The van der Waals surface area contributed by atoms with Crippen molar-refractivity contribution in [2.45, 2.75) is 0 Å². The fourth-order valence-electron chi connectivity index (χ4n) is 2.56. The maximum Gasteiger partial charge on any atom is 0.344 e. The van der Waals surface area contributed by atoms with E-state index in [2.05, 4.69) is 5.32 Å².